The summed E-state index contributed by atoms with van der Waals surface area (Å²) in [4.78, 5) is 10.7. The second-order valence-electron chi connectivity index (χ2n) is 3.10. The van der Waals surface area contributed by atoms with Crippen molar-refractivity contribution in [2.24, 2.45) is 0 Å². The Bertz CT molecular complexity index is 552. The molecule has 0 aliphatic heterocycles. The van der Waals surface area contributed by atoms with Gasteiger partial charge in [-0.15, -0.1) is 0 Å². The lowest BCUT2D eigenvalue weighted by atomic mass is 10.1. The minimum absolute atomic E-state index is 0.0180. The number of halogens is 2. The van der Waals surface area contributed by atoms with Gasteiger partial charge in [0.1, 0.15) is 5.82 Å². The molecule has 0 aliphatic rings. The minimum Gasteiger partial charge on any atom is -0.478 e. The zero-order chi connectivity index (χ0) is 11.0. The van der Waals surface area contributed by atoms with E-state index in [0.717, 1.165) is 0 Å². The van der Waals surface area contributed by atoms with Crippen LogP contribution in [0.25, 0.3) is 10.8 Å². The molecule has 0 heterocycles. The van der Waals surface area contributed by atoms with Crippen LogP contribution in [0.1, 0.15) is 10.4 Å². The highest BCUT2D eigenvalue weighted by Gasteiger charge is 2.08. The summed E-state index contributed by atoms with van der Waals surface area (Å²) >= 11 is 5.74. The third-order valence-corrected chi connectivity index (χ3v) is 2.54. The summed E-state index contributed by atoms with van der Waals surface area (Å²) in [6.45, 7) is 0. The van der Waals surface area contributed by atoms with Crippen LogP contribution in [0.5, 0.6) is 0 Å². The van der Waals surface area contributed by atoms with Crippen molar-refractivity contribution in [1.82, 2.24) is 0 Å². The molecule has 2 aromatic rings. The fourth-order valence-corrected chi connectivity index (χ4v) is 1.63. The van der Waals surface area contributed by atoms with E-state index < -0.39 is 11.8 Å². The quantitative estimate of drug-likeness (QED) is 0.807. The van der Waals surface area contributed by atoms with E-state index in [4.69, 9.17) is 16.7 Å². The van der Waals surface area contributed by atoms with Gasteiger partial charge in [-0.05, 0) is 23.6 Å². The van der Waals surface area contributed by atoms with Crippen molar-refractivity contribution in [3.8, 4) is 0 Å². The molecule has 2 aromatic carbocycles. The van der Waals surface area contributed by atoms with Crippen LogP contribution >= 0.6 is 11.6 Å². The molecule has 0 saturated heterocycles. The molecule has 15 heavy (non-hydrogen) atoms. The third kappa shape index (κ3) is 1.66. The first-order chi connectivity index (χ1) is 7.09. The van der Waals surface area contributed by atoms with Gasteiger partial charge < -0.3 is 5.11 Å². The largest absolute Gasteiger partial charge is 0.478 e. The molecule has 0 amide bonds. The molecule has 2 rings (SSSR count). The normalized spacial score (nSPS) is 10.5. The van der Waals surface area contributed by atoms with Gasteiger partial charge >= 0.3 is 5.97 Å². The average Bonchev–Trinajstić information content (AvgIpc) is 2.23. The Morgan fingerprint density at radius 2 is 2.00 bits per heavy atom. The Hall–Kier alpha value is -1.61. The van der Waals surface area contributed by atoms with Gasteiger partial charge in [0, 0.05) is 5.39 Å². The van der Waals surface area contributed by atoms with Gasteiger partial charge in [0.15, 0.2) is 0 Å². The molecule has 0 spiro atoms. The highest BCUT2D eigenvalue weighted by molar-refractivity contribution is 6.35. The van der Waals surface area contributed by atoms with Crippen molar-refractivity contribution in [3.05, 3.63) is 46.7 Å². The van der Waals surface area contributed by atoms with Crippen LogP contribution in [-0.4, -0.2) is 11.1 Å². The zero-order valence-corrected chi connectivity index (χ0v) is 8.25. The summed E-state index contributed by atoms with van der Waals surface area (Å²) in [6.07, 6.45) is 0. The van der Waals surface area contributed by atoms with E-state index in [2.05, 4.69) is 0 Å². The number of hydrogen-bond donors (Lipinski definition) is 1. The molecule has 2 nitrogen and oxygen atoms in total. The van der Waals surface area contributed by atoms with Gasteiger partial charge in [-0.1, -0.05) is 23.7 Å². The lowest BCUT2D eigenvalue weighted by molar-refractivity contribution is 0.0697. The van der Waals surface area contributed by atoms with E-state index >= 15 is 0 Å². The highest BCUT2D eigenvalue weighted by Crippen LogP contribution is 2.26. The maximum atomic E-state index is 13.1. The molecule has 76 valence electrons. The smallest absolute Gasteiger partial charge is 0.335 e. The number of carboxylic acids is 1. The van der Waals surface area contributed by atoms with Crippen molar-refractivity contribution < 1.29 is 14.3 Å². The van der Waals surface area contributed by atoms with Crippen molar-refractivity contribution in [2.75, 3.05) is 0 Å². The second kappa shape index (κ2) is 3.51. The topological polar surface area (TPSA) is 37.3 Å². The maximum Gasteiger partial charge on any atom is 0.335 e. The molecule has 0 bridgehead atoms. The fourth-order valence-electron chi connectivity index (χ4n) is 1.40. The SMILES string of the molecule is O=C(O)c1ccc2c(Cl)c(F)ccc2c1. The van der Waals surface area contributed by atoms with Crippen molar-refractivity contribution in [1.29, 1.82) is 0 Å². The van der Waals surface area contributed by atoms with Crippen molar-refractivity contribution in [2.45, 2.75) is 0 Å². The van der Waals surface area contributed by atoms with E-state index in [1.54, 1.807) is 0 Å². The standard InChI is InChI=1S/C11H6ClFO2/c12-10-8-3-1-7(11(14)15)5-6(8)2-4-9(10)13/h1-5H,(H,14,15). The Morgan fingerprint density at radius 1 is 1.27 bits per heavy atom. The van der Waals surface area contributed by atoms with Crippen LogP contribution in [0.2, 0.25) is 5.02 Å². The Morgan fingerprint density at radius 3 is 2.67 bits per heavy atom. The molecule has 0 fully saturated rings. The summed E-state index contributed by atoms with van der Waals surface area (Å²) in [7, 11) is 0. The van der Waals surface area contributed by atoms with Crippen LogP contribution in [-0.2, 0) is 0 Å². The first kappa shape index (κ1) is 9.93. The molecule has 4 heteroatoms. The first-order valence-electron chi connectivity index (χ1n) is 4.20. The second-order valence-corrected chi connectivity index (χ2v) is 3.48. The minimum atomic E-state index is -1.02. The number of rotatable bonds is 1. The number of carbonyl (C=O) groups is 1. The first-order valence-corrected chi connectivity index (χ1v) is 4.58. The molecule has 0 saturated carbocycles. The van der Waals surface area contributed by atoms with Gasteiger partial charge in [-0.25, -0.2) is 9.18 Å². The Labute approximate surface area is 89.9 Å². The lowest BCUT2D eigenvalue weighted by Gasteiger charge is -2.02. The molecule has 0 aromatic heterocycles. The van der Waals surface area contributed by atoms with E-state index in [1.807, 2.05) is 0 Å². The predicted molar refractivity (Wildman–Crippen MR) is 55.9 cm³/mol. The number of benzene rings is 2. The Balaban J connectivity index is 2.75. The molecular weight excluding hydrogens is 219 g/mol. The van der Waals surface area contributed by atoms with Gasteiger partial charge in [0.2, 0.25) is 0 Å². The maximum absolute atomic E-state index is 13.1. The molecule has 0 radical (unpaired) electrons. The molecule has 0 atom stereocenters. The van der Waals surface area contributed by atoms with Crippen molar-refractivity contribution in [3.63, 3.8) is 0 Å². The van der Waals surface area contributed by atoms with E-state index in [9.17, 15) is 9.18 Å². The lowest BCUT2D eigenvalue weighted by Crippen LogP contribution is -1.95. The number of aromatic carboxylic acids is 1. The third-order valence-electron chi connectivity index (χ3n) is 2.15. The number of hydrogen-bond acceptors (Lipinski definition) is 1. The summed E-state index contributed by atoms with van der Waals surface area (Å²) in [5.74, 6) is -1.52. The van der Waals surface area contributed by atoms with Gasteiger partial charge in [-0.3, -0.25) is 0 Å². The fraction of sp³-hybridized carbons (Fsp3) is 0. The van der Waals surface area contributed by atoms with Gasteiger partial charge in [0.25, 0.3) is 0 Å². The van der Waals surface area contributed by atoms with E-state index in [1.165, 1.54) is 30.3 Å². The van der Waals surface area contributed by atoms with E-state index in [-0.39, 0.29) is 10.6 Å². The molecule has 1 N–H and O–H groups in total. The van der Waals surface area contributed by atoms with Crippen LogP contribution in [0.4, 0.5) is 4.39 Å². The van der Waals surface area contributed by atoms with Gasteiger partial charge in [0.05, 0.1) is 10.6 Å². The summed E-state index contributed by atoms with van der Waals surface area (Å²) < 4.78 is 13.1. The van der Waals surface area contributed by atoms with Crippen LogP contribution in [0, 0.1) is 5.82 Å². The predicted octanol–water partition coefficient (Wildman–Crippen LogP) is 3.33. The number of fused-ring (bicyclic) bond motifs is 1. The zero-order valence-electron chi connectivity index (χ0n) is 7.50. The van der Waals surface area contributed by atoms with E-state index in [0.29, 0.717) is 10.8 Å². The van der Waals surface area contributed by atoms with Crippen LogP contribution in [0.3, 0.4) is 0 Å². The molecule has 0 unspecified atom stereocenters. The molecular formula is C11H6ClFO2. The van der Waals surface area contributed by atoms with Crippen LogP contribution in [0.15, 0.2) is 30.3 Å². The van der Waals surface area contributed by atoms with Gasteiger partial charge in [-0.2, -0.15) is 0 Å². The average molecular weight is 225 g/mol. The molecule has 0 aliphatic carbocycles. The number of carboxylic acid groups (broad SMARTS) is 1. The van der Waals surface area contributed by atoms with Crippen molar-refractivity contribution >= 4 is 28.3 Å². The van der Waals surface area contributed by atoms with Crippen LogP contribution < -0.4 is 0 Å². The monoisotopic (exact) mass is 224 g/mol. The summed E-state index contributed by atoms with van der Waals surface area (Å²) in [6, 6.07) is 7.09. The Kier molecular flexibility index (Phi) is 2.32. The summed E-state index contributed by atoms with van der Waals surface area (Å²) in [5.41, 5.74) is 0.158. The summed E-state index contributed by atoms with van der Waals surface area (Å²) in [5, 5.41) is 9.91. The highest BCUT2D eigenvalue weighted by atomic mass is 35.5.